The zero-order valence-corrected chi connectivity index (χ0v) is 21.4. The minimum absolute atomic E-state index is 0.166. The lowest BCUT2D eigenvalue weighted by atomic mass is 9.42. The number of likely N-dealkylation sites (N-methyl/N-ethyl adjacent to an activating group) is 1. The van der Waals surface area contributed by atoms with Crippen LogP contribution in [0.3, 0.4) is 0 Å². The van der Waals surface area contributed by atoms with Crippen LogP contribution in [-0.4, -0.2) is 59.8 Å². The fourth-order valence-corrected chi connectivity index (χ4v) is 6.09. The third kappa shape index (κ3) is 3.27. The van der Waals surface area contributed by atoms with Gasteiger partial charge in [-0.3, -0.25) is 24.1 Å². The van der Waals surface area contributed by atoms with Crippen molar-refractivity contribution < 1.29 is 28.8 Å². The van der Waals surface area contributed by atoms with Crippen LogP contribution in [0.15, 0.2) is 52.0 Å². The minimum Gasteiger partial charge on any atom is -0.410 e. The number of carbonyl (C=O) groups is 4. The van der Waals surface area contributed by atoms with E-state index >= 15 is 0 Å². The zero-order valence-electron chi connectivity index (χ0n) is 19.9. The van der Waals surface area contributed by atoms with Gasteiger partial charge in [-0.2, -0.15) is 10.5 Å². The van der Waals surface area contributed by atoms with Crippen molar-refractivity contribution in [1.29, 1.82) is 10.5 Å². The van der Waals surface area contributed by atoms with E-state index in [2.05, 4.69) is 0 Å². The molecule has 0 radical (unpaired) electrons. The van der Waals surface area contributed by atoms with Crippen molar-refractivity contribution in [3.05, 3.63) is 52.0 Å². The molecule has 10 nitrogen and oxygen atoms in total. The Morgan fingerprint density at radius 3 is 2.16 bits per heavy atom. The summed E-state index contributed by atoms with van der Waals surface area (Å²) in [7, 11) is 2.52. The van der Waals surface area contributed by atoms with Gasteiger partial charge in [-0.15, -0.1) is 0 Å². The number of hydrogen-bond donors (Lipinski definition) is 0. The third-order valence-corrected chi connectivity index (χ3v) is 8.10. The van der Waals surface area contributed by atoms with E-state index in [9.17, 15) is 29.7 Å². The Labute approximate surface area is 222 Å². The number of ketones is 2. The Bertz CT molecular complexity index is 1360. The highest BCUT2D eigenvalue weighted by Crippen LogP contribution is 2.65. The molecule has 1 aromatic carbocycles. The second kappa shape index (κ2) is 9.31. The van der Waals surface area contributed by atoms with E-state index < -0.39 is 62.5 Å². The van der Waals surface area contributed by atoms with Crippen LogP contribution in [0.25, 0.3) is 0 Å². The van der Waals surface area contributed by atoms with Crippen molar-refractivity contribution in [1.82, 2.24) is 9.96 Å². The number of ether oxygens (including phenoxy) is 1. The summed E-state index contributed by atoms with van der Waals surface area (Å²) >= 11 is 12.3. The van der Waals surface area contributed by atoms with E-state index in [1.165, 1.54) is 32.4 Å². The number of nitriles is 2. The van der Waals surface area contributed by atoms with Crippen LogP contribution in [0.5, 0.6) is 5.75 Å². The highest BCUT2D eigenvalue weighted by Gasteiger charge is 2.80. The quantitative estimate of drug-likeness (QED) is 0.528. The normalized spacial score (nSPS) is 30.2. The number of hydroxylamine groups is 2. The molecule has 2 bridgehead atoms. The molecule has 0 aromatic heterocycles. The number of carbonyl (C=O) groups excluding carboxylic acids is 4. The highest BCUT2D eigenvalue weighted by atomic mass is 35.5. The molecule has 190 valence electrons. The molecule has 0 spiro atoms. The van der Waals surface area contributed by atoms with Gasteiger partial charge >= 0.3 is 6.09 Å². The maximum Gasteiger partial charge on any atom is 0.416 e. The lowest BCUT2D eigenvalue weighted by Gasteiger charge is -2.62. The first-order valence-electron chi connectivity index (χ1n) is 11.1. The Hall–Kier alpha value is -3.70. The third-order valence-electron chi connectivity index (χ3n) is 7.28. The van der Waals surface area contributed by atoms with E-state index in [0.717, 1.165) is 9.96 Å². The summed E-state index contributed by atoms with van der Waals surface area (Å²) in [5.74, 6) is -4.06. The number of fused-ring (bicyclic) bond motifs is 1. The second-order valence-electron chi connectivity index (χ2n) is 8.73. The molecule has 0 N–H and O–H groups in total. The molecule has 0 unspecified atom stereocenters. The van der Waals surface area contributed by atoms with Crippen molar-refractivity contribution >= 4 is 46.8 Å². The molecule has 0 saturated carbocycles. The average molecular weight is 543 g/mol. The first-order chi connectivity index (χ1) is 17.6. The van der Waals surface area contributed by atoms with Crippen LogP contribution in [0, 0.1) is 39.4 Å². The van der Waals surface area contributed by atoms with Gasteiger partial charge in [0.25, 0.3) is 5.91 Å². The maximum atomic E-state index is 13.8. The van der Waals surface area contributed by atoms with Crippen LogP contribution in [0.4, 0.5) is 4.79 Å². The number of nitrogens with zero attached hydrogens (tertiary/aromatic N) is 4. The lowest BCUT2D eigenvalue weighted by Crippen LogP contribution is -2.78. The molecule has 1 aromatic rings. The van der Waals surface area contributed by atoms with E-state index in [-0.39, 0.29) is 17.7 Å². The Morgan fingerprint density at radius 1 is 1.08 bits per heavy atom. The van der Waals surface area contributed by atoms with Crippen LogP contribution in [-0.2, 0) is 19.2 Å². The number of allylic oxidation sites excluding steroid dienone is 2. The molecule has 5 rings (SSSR count). The summed E-state index contributed by atoms with van der Waals surface area (Å²) in [6.07, 6.45) is 0.561. The van der Waals surface area contributed by atoms with Gasteiger partial charge in [0.05, 0.1) is 25.3 Å². The molecule has 1 saturated heterocycles. The molecule has 2 aliphatic carbocycles. The van der Waals surface area contributed by atoms with Gasteiger partial charge in [-0.1, -0.05) is 54.4 Å². The van der Waals surface area contributed by atoms with E-state index in [4.69, 9.17) is 32.8 Å². The Balaban J connectivity index is 2.05. The second-order valence-corrected chi connectivity index (χ2v) is 9.48. The average Bonchev–Trinajstić information content (AvgIpc) is 2.93. The summed E-state index contributed by atoms with van der Waals surface area (Å²) in [6.45, 7) is 1.70. The van der Waals surface area contributed by atoms with Crippen LogP contribution < -0.4 is 4.74 Å². The van der Waals surface area contributed by atoms with Gasteiger partial charge in [0.2, 0.25) is 5.78 Å². The fourth-order valence-electron chi connectivity index (χ4n) is 5.62. The monoisotopic (exact) mass is 542 g/mol. The molecule has 2 amide bonds. The molecule has 2 aliphatic heterocycles. The highest BCUT2D eigenvalue weighted by molar-refractivity contribution is 6.57. The molecule has 4 aliphatic rings. The van der Waals surface area contributed by atoms with Gasteiger partial charge in [0.15, 0.2) is 16.6 Å². The first-order valence-corrected chi connectivity index (χ1v) is 11.9. The molecule has 5 atom stereocenters. The number of piperidine rings is 1. The summed E-state index contributed by atoms with van der Waals surface area (Å²) < 4.78 is 5.54. The van der Waals surface area contributed by atoms with Crippen molar-refractivity contribution in [2.24, 2.45) is 16.7 Å². The summed E-state index contributed by atoms with van der Waals surface area (Å²) in [4.78, 5) is 60.6. The van der Waals surface area contributed by atoms with Crippen molar-refractivity contribution in [3.63, 3.8) is 0 Å². The van der Waals surface area contributed by atoms with Crippen LogP contribution in [0.2, 0.25) is 0 Å². The van der Waals surface area contributed by atoms with E-state index in [1.54, 1.807) is 25.1 Å². The molecule has 2 heterocycles. The number of benzene rings is 1. The minimum atomic E-state index is -2.59. The van der Waals surface area contributed by atoms with E-state index in [1.807, 2.05) is 12.1 Å². The van der Waals surface area contributed by atoms with Gasteiger partial charge in [0.1, 0.15) is 15.8 Å². The summed E-state index contributed by atoms with van der Waals surface area (Å²) in [6, 6.07) is 9.14. The number of Topliss-reactive ketones (excluding diaryl/α,β-unsaturated/α-hetero) is 2. The van der Waals surface area contributed by atoms with Gasteiger partial charge < -0.3 is 4.74 Å². The summed E-state index contributed by atoms with van der Waals surface area (Å²) in [5.41, 5.74) is -5.13. The number of rotatable bonds is 4. The fraction of sp³-hybridized carbons (Fsp3) is 0.360. The largest absolute Gasteiger partial charge is 0.416 e. The molecular weight excluding hydrogens is 523 g/mol. The van der Waals surface area contributed by atoms with Crippen molar-refractivity contribution in [2.45, 2.75) is 25.4 Å². The number of hydrogen-bond acceptors (Lipinski definition) is 8. The Kier molecular flexibility index (Phi) is 6.63. The predicted molar refractivity (Wildman–Crippen MR) is 128 cm³/mol. The predicted octanol–water partition coefficient (Wildman–Crippen LogP) is 3.09. The van der Waals surface area contributed by atoms with Gasteiger partial charge in [0, 0.05) is 24.6 Å². The molecule has 1 fully saturated rings. The zero-order chi connectivity index (χ0) is 27.3. The SMILES string of the molecule is CC[C@@H]1[C@@H]2C=C(C(=O)N(C)OC)[C@H](N1C(=O)Oc1ccccc1)[C@@]1(C#N)C(=O)C(Cl)=C(Cl)C(=O)[C@@]21C#N. The van der Waals surface area contributed by atoms with Gasteiger partial charge in [-0.05, 0) is 18.6 Å². The van der Waals surface area contributed by atoms with Crippen LogP contribution >= 0.6 is 23.2 Å². The number of para-hydroxylation sites is 1. The number of halogens is 2. The molecular formula is C25H20Cl2N4O6. The van der Waals surface area contributed by atoms with Crippen LogP contribution in [0.1, 0.15) is 13.3 Å². The summed E-state index contributed by atoms with van der Waals surface area (Å²) in [5, 5.41) is 20.5. The first kappa shape index (κ1) is 26.4. The molecule has 12 heteroatoms. The van der Waals surface area contributed by atoms with Crippen molar-refractivity contribution in [2.75, 3.05) is 14.2 Å². The van der Waals surface area contributed by atoms with Gasteiger partial charge in [-0.25, -0.2) is 9.86 Å². The maximum absolute atomic E-state index is 13.8. The standard InChI is InChI=1S/C25H20Cl2N4O6/c1-4-16-15-10-14(22(34)30(2)36-3)19(31(16)23(35)37-13-8-6-5-7-9-13)25(12-29)21(33)18(27)17(26)20(32)24(15,25)11-28/h5-10,15-16,19H,4H2,1-3H3/t15-,16+,19-,24+,25-/m0/s1. The Morgan fingerprint density at radius 2 is 1.65 bits per heavy atom. The van der Waals surface area contributed by atoms with E-state index in [0.29, 0.717) is 0 Å². The molecule has 37 heavy (non-hydrogen) atoms. The van der Waals surface area contributed by atoms with Crippen molar-refractivity contribution in [3.8, 4) is 17.9 Å². The smallest absolute Gasteiger partial charge is 0.410 e. The lowest BCUT2D eigenvalue weighted by molar-refractivity contribution is -0.171. The topological polar surface area (TPSA) is 141 Å². The number of amides is 2.